The third-order valence-electron chi connectivity index (χ3n) is 2.03. The lowest BCUT2D eigenvalue weighted by molar-refractivity contribution is 0.674. The molecular weight excluding hydrogens is 202 g/mol. The van der Waals surface area contributed by atoms with E-state index in [0.29, 0.717) is 5.25 Å². The van der Waals surface area contributed by atoms with Crippen LogP contribution in [0.3, 0.4) is 0 Å². The van der Waals surface area contributed by atoms with Crippen molar-refractivity contribution in [3.8, 4) is 0 Å². The van der Waals surface area contributed by atoms with Crippen LogP contribution in [0, 0.1) is 0 Å². The number of hydrogen-bond acceptors (Lipinski definition) is 2. The first-order valence-corrected chi connectivity index (χ1v) is 6.56. The smallest absolute Gasteiger partial charge is 0.0205 e. The maximum Gasteiger partial charge on any atom is 0.0205 e. The Balaban J connectivity index is 2.50. The van der Waals surface area contributed by atoms with E-state index in [1.165, 1.54) is 16.9 Å². The normalized spacial score (nSPS) is 10.9. The van der Waals surface area contributed by atoms with Crippen molar-refractivity contribution in [1.29, 1.82) is 0 Å². The van der Waals surface area contributed by atoms with E-state index in [4.69, 9.17) is 0 Å². The molecule has 0 saturated carbocycles. The Bertz CT molecular complexity index is 284. The highest BCUT2D eigenvalue weighted by atomic mass is 32.2. The summed E-state index contributed by atoms with van der Waals surface area (Å²) in [7, 11) is 0. The monoisotopic (exact) mass is 223 g/mol. The summed E-state index contributed by atoms with van der Waals surface area (Å²) in [5, 5.41) is 4.08. The zero-order valence-corrected chi connectivity index (χ0v) is 10.7. The van der Waals surface area contributed by atoms with Crippen molar-refractivity contribution in [2.45, 2.75) is 43.9 Å². The first-order valence-electron chi connectivity index (χ1n) is 5.68. The van der Waals surface area contributed by atoms with Crippen LogP contribution in [0.15, 0.2) is 29.2 Å². The topological polar surface area (TPSA) is 12.0 Å². The van der Waals surface area contributed by atoms with Crippen molar-refractivity contribution in [3.05, 3.63) is 29.8 Å². The Kier molecular flexibility index (Phi) is 5.81. The van der Waals surface area contributed by atoms with Crippen LogP contribution >= 0.6 is 11.8 Å². The van der Waals surface area contributed by atoms with Gasteiger partial charge in [-0.05, 0) is 30.7 Å². The predicted octanol–water partition coefficient (Wildman–Crippen LogP) is 3.69. The Labute approximate surface area is 97.7 Å². The van der Waals surface area contributed by atoms with Gasteiger partial charge in [-0.25, -0.2) is 0 Å². The van der Waals surface area contributed by atoms with Gasteiger partial charge in [0.2, 0.25) is 0 Å². The third-order valence-corrected chi connectivity index (χ3v) is 3.02. The molecule has 0 heterocycles. The van der Waals surface area contributed by atoms with E-state index in [-0.39, 0.29) is 0 Å². The fourth-order valence-corrected chi connectivity index (χ4v) is 2.33. The van der Waals surface area contributed by atoms with Crippen LogP contribution in [0.2, 0.25) is 0 Å². The van der Waals surface area contributed by atoms with Crippen LogP contribution in [-0.4, -0.2) is 11.8 Å². The molecule has 0 saturated heterocycles. The van der Waals surface area contributed by atoms with Gasteiger partial charge in [0.15, 0.2) is 0 Å². The van der Waals surface area contributed by atoms with Crippen LogP contribution in [0.25, 0.3) is 0 Å². The first kappa shape index (κ1) is 12.6. The van der Waals surface area contributed by atoms with Gasteiger partial charge in [0.1, 0.15) is 0 Å². The zero-order chi connectivity index (χ0) is 11.1. The molecule has 0 radical (unpaired) electrons. The van der Waals surface area contributed by atoms with E-state index in [9.17, 15) is 0 Å². The second-order valence-corrected chi connectivity index (χ2v) is 5.64. The maximum absolute atomic E-state index is 3.42. The molecule has 0 aliphatic rings. The largest absolute Gasteiger partial charge is 0.313 e. The zero-order valence-electron chi connectivity index (χ0n) is 9.92. The minimum Gasteiger partial charge on any atom is -0.313 e. The maximum atomic E-state index is 3.42. The molecule has 0 atom stereocenters. The van der Waals surface area contributed by atoms with Crippen LogP contribution in [0.1, 0.15) is 32.8 Å². The van der Waals surface area contributed by atoms with Gasteiger partial charge in [0.25, 0.3) is 0 Å². The molecule has 0 unspecified atom stereocenters. The summed E-state index contributed by atoms with van der Waals surface area (Å²) in [5.41, 5.74) is 1.38. The van der Waals surface area contributed by atoms with Gasteiger partial charge < -0.3 is 5.32 Å². The summed E-state index contributed by atoms with van der Waals surface area (Å²) >= 11 is 1.92. The van der Waals surface area contributed by atoms with Crippen LogP contribution in [-0.2, 0) is 6.54 Å². The van der Waals surface area contributed by atoms with Crippen LogP contribution in [0.5, 0.6) is 0 Å². The highest BCUT2D eigenvalue weighted by Crippen LogP contribution is 2.23. The van der Waals surface area contributed by atoms with Gasteiger partial charge in [0, 0.05) is 16.7 Å². The lowest BCUT2D eigenvalue weighted by atomic mass is 10.2. The molecule has 2 heteroatoms. The van der Waals surface area contributed by atoms with E-state index < -0.39 is 0 Å². The Morgan fingerprint density at radius 3 is 2.80 bits per heavy atom. The van der Waals surface area contributed by atoms with Gasteiger partial charge in [-0.2, -0.15) is 0 Å². The summed E-state index contributed by atoms with van der Waals surface area (Å²) in [6.07, 6.45) is 1.19. The Morgan fingerprint density at radius 2 is 2.13 bits per heavy atom. The molecule has 1 N–H and O–H groups in total. The molecule has 15 heavy (non-hydrogen) atoms. The molecule has 0 bridgehead atoms. The van der Waals surface area contributed by atoms with Crippen molar-refractivity contribution in [2.75, 3.05) is 6.54 Å². The summed E-state index contributed by atoms with van der Waals surface area (Å²) in [6.45, 7) is 8.74. The molecule has 84 valence electrons. The minimum absolute atomic E-state index is 0.656. The average Bonchev–Trinajstić information content (AvgIpc) is 2.18. The van der Waals surface area contributed by atoms with E-state index in [0.717, 1.165) is 13.1 Å². The quantitative estimate of drug-likeness (QED) is 0.583. The van der Waals surface area contributed by atoms with Crippen LogP contribution < -0.4 is 5.32 Å². The third kappa shape index (κ3) is 5.24. The Hall–Kier alpha value is -0.470. The summed E-state index contributed by atoms with van der Waals surface area (Å²) in [5.74, 6) is 0. The number of nitrogens with one attached hydrogen (secondary N) is 1. The van der Waals surface area contributed by atoms with Crippen molar-refractivity contribution < 1.29 is 0 Å². The van der Waals surface area contributed by atoms with E-state index in [1.54, 1.807) is 0 Å². The van der Waals surface area contributed by atoms with Crippen LogP contribution in [0.4, 0.5) is 0 Å². The molecule has 1 rings (SSSR count). The first-order chi connectivity index (χ1) is 7.22. The van der Waals surface area contributed by atoms with Crippen molar-refractivity contribution in [1.82, 2.24) is 5.32 Å². The molecular formula is C13H21NS. The highest BCUT2D eigenvalue weighted by molar-refractivity contribution is 7.99. The Morgan fingerprint density at radius 1 is 1.33 bits per heavy atom. The SMILES string of the molecule is CCCNCc1cccc(SC(C)C)c1. The van der Waals surface area contributed by atoms with Crippen molar-refractivity contribution >= 4 is 11.8 Å². The lowest BCUT2D eigenvalue weighted by Crippen LogP contribution is -2.13. The number of hydrogen-bond donors (Lipinski definition) is 1. The van der Waals surface area contributed by atoms with Gasteiger partial charge in [-0.3, -0.25) is 0 Å². The number of rotatable bonds is 6. The fraction of sp³-hybridized carbons (Fsp3) is 0.538. The van der Waals surface area contributed by atoms with Gasteiger partial charge in [0.05, 0.1) is 0 Å². The second kappa shape index (κ2) is 6.91. The predicted molar refractivity (Wildman–Crippen MR) is 69.4 cm³/mol. The molecule has 0 aliphatic heterocycles. The van der Waals surface area contributed by atoms with Gasteiger partial charge >= 0.3 is 0 Å². The number of thioether (sulfide) groups is 1. The average molecular weight is 223 g/mol. The van der Waals surface area contributed by atoms with E-state index >= 15 is 0 Å². The molecule has 1 aromatic rings. The highest BCUT2D eigenvalue weighted by Gasteiger charge is 1.99. The summed E-state index contributed by atoms with van der Waals surface area (Å²) in [4.78, 5) is 1.38. The molecule has 0 amide bonds. The molecule has 1 aromatic carbocycles. The summed E-state index contributed by atoms with van der Waals surface area (Å²) in [6, 6.07) is 8.81. The van der Waals surface area contributed by atoms with E-state index in [1.807, 2.05) is 11.8 Å². The molecule has 0 aliphatic carbocycles. The van der Waals surface area contributed by atoms with Gasteiger partial charge in [-0.1, -0.05) is 32.9 Å². The molecule has 0 fully saturated rings. The van der Waals surface area contributed by atoms with Crippen molar-refractivity contribution in [3.63, 3.8) is 0 Å². The molecule has 1 nitrogen and oxygen atoms in total. The van der Waals surface area contributed by atoms with Crippen molar-refractivity contribution in [2.24, 2.45) is 0 Å². The molecule has 0 aromatic heterocycles. The minimum atomic E-state index is 0.656. The summed E-state index contributed by atoms with van der Waals surface area (Å²) < 4.78 is 0. The second-order valence-electron chi connectivity index (χ2n) is 3.99. The van der Waals surface area contributed by atoms with Gasteiger partial charge in [-0.15, -0.1) is 11.8 Å². The lowest BCUT2D eigenvalue weighted by Gasteiger charge is -2.07. The number of benzene rings is 1. The molecule has 0 spiro atoms. The standard InChI is InChI=1S/C13H21NS/c1-4-8-14-10-12-6-5-7-13(9-12)15-11(2)3/h5-7,9,11,14H,4,8,10H2,1-3H3. The van der Waals surface area contributed by atoms with E-state index in [2.05, 4.69) is 50.4 Å². The fourth-order valence-electron chi connectivity index (χ4n) is 1.41.